The summed E-state index contributed by atoms with van der Waals surface area (Å²) in [4.78, 5) is 14.6. The van der Waals surface area contributed by atoms with Gasteiger partial charge in [0, 0.05) is 28.9 Å². The van der Waals surface area contributed by atoms with Crippen LogP contribution in [-0.2, 0) is 0 Å². The highest BCUT2D eigenvalue weighted by Crippen LogP contribution is 2.34. The van der Waals surface area contributed by atoms with E-state index in [0.29, 0.717) is 0 Å². The Balaban J connectivity index is 1.39. The second kappa shape index (κ2) is 7.89. The van der Waals surface area contributed by atoms with Crippen LogP contribution in [0.3, 0.4) is 0 Å². The Labute approximate surface area is 202 Å². The quantitative estimate of drug-likeness (QED) is 0.264. The zero-order chi connectivity index (χ0) is 23.2. The third-order valence-corrected chi connectivity index (χ3v) is 6.43. The standard InChI is InChI=1S/C31H20N4/c1-2-9-22-20-28-24(18-21(22)8-1)14-15-26(33-28)23-10-7-11-25(19-23)30-31(27-12-3-5-16-32-27)35-17-6-4-13-29(35)34-30/h1-20H. The number of benzene rings is 3. The van der Waals surface area contributed by atoms with Gasteiger partial charge in [0.1, 0.15) is 5.65 Å². The Morgan fingerprint density at radius 2 is 1.37 bits per heavy atom. The summed E-state index contributed by atoms with van der Waals surface area (Å²) in [6.07, 6.45) is 3.86. The molecule has 0 aliphatic rings. The molecule has 0 saturated heterocycles. The topological polar surface area (TPSA) is 43.1 Å². The summed E-state index contributed by atoms with van der Waals surface area (Å²) in [6, 6.07) is 37.5. The molecule has 3 aromatic carbocycles. The summed E-state index contributed by atoms with van der Waals surface area (Å²) in [7, 11) is 0. The van der Waals surface area contributed by atoms with Gasteiger partial charge < -0.3 is 0 Å². The molecule has 0 aliphatic carbocycles. The number of hydrogen-bond acceptors (Lipinski definition) is 3. The van der Waals surface area contributed by atoms with Crippen molar-refractivity contribution in [2.45, 2.75) is 0 Å². The number of imidazole rings is 1. The fraction of sp³-hybridized carbons (Fsp3) is 0. The first-order valence-electron chi connectivity index (χ1n) is 11.6. The fourth-order valence-corrected chi connectivity index (χ4v) is 4.74. The van der Waals surface area contributed by atoms with Crippen molar-refractivity contribution in [1.29, 1.82) is 0 Å². The van der Waals surface area contributed by atoms with Gasteiger partial charge in [-0.15, -0.1) is 0 Å². The Morgan fingerprint density at radius 3 is 2.26 bits per heavy atom. The van der Waals surface area contributed by atoms with E-state index in [-0.39, 0.29) is 0 Å². The van der Waals surface area contributed by atoms with Crippen LogP contribution in [0.25, 0.3) is 61.2 Å². The highest BCUT2D eigenvalue weighted by atomic mass is 15.0. The Hall–Kier alpha value is -4.83. The van der Waals surface area contributed by atoms with Crippen LogP contribution in [0.5, 0.6) is 0 Å². The smallest absolute Gasteiger partial charge is 0.137 e. The van der Waals surface area contributed by atoms with Gasteiger partial charge >= 0.3 is 0 Å². The maximum atomic E-state index is 5.02. The summed E-state index contributed by atoms with van der Waals surface area (Å²) in [5, 5.41) is 3.56. The number of pyridine rings is 3. The van der Waals surface area contributed by atoms with Gasteiger partial charge in [-0.05, 0) is 59.3 Å². The van der Waals surface area contributed by atoms with Crippen LogP contribution in [0.1, 0.15) is 0 Å². The molecule has 0 aliphatic heterocycles. The van der Waals surface area contributed by atoms with E-state index in [4.69, 9.17) is 9.97 Å². The molecule has 35 heavy (non-hydrogen) atoms. The van der Waals surface area contributed by atoms with Crippen molar-refractivity contribution >= 4 is 27.3 Å². The molecule has 0 spiro atoms. The fourth-order valence-electron chi connectivity index (χ4n) is 4.74. The first kappa shape index (κ1) is 19.6. The third-order valence-electron chi connectivity index (χ3n) is 6.43. The zero-order valence-electron chi connectivity index (χ0n) is 18.8. The molecule has 4 heterocycles. The van der Waals surface area contributed by atoms with Crippen LogP contribution >= 0.6 is 0 Å². The maximum Gasteiger partial charge on any atom is 0.137 e. The Kier molecular flexibility index (Phi) is 4.42. The van der Waals surface area contributed by atoms with Gasteiger partial charge in [-0.1, -0.05) is 60.7 Å². The maximum absolute atomic E-state index is 5.02. The first-order valence-corrected chi connectivity index (χ1v) is 11.6. The van der Waals surface area contributed by atoms with Crippen molar-refractivity contribution in [1.82, 2.24) is 19.4 Å². The minimum absolute atomic E-state index is 0.891. The predicted molar refractivity (Wildman–Crippen MR) is 142 cm³/mol. The second-order valence-corrected chi connectivity index (χ2v) is 8.62. The Morgan fingerprint density at radius 1 is 0.543 bits per heavy atom. The van der Waals surface area contributed by atoms with Crippen molar-refractivity contribution in [2.75, 3.05) is 0 Å². The molecular weight excluding hydrogens is 428 g/mol. The lowest BCUT2D eigenvalue weighted by Gasteiger charge is -2.08. The minimum atomic E-state index is 0.891. The zero-order valence-corrected chi connectivity index (χ0v) is 18.8. The average molecular weight is 449 g/mol. The highest BCUT2D eigenvalue weighted by molar-refractivity contribution is 5.97. The number of fused-ring (bicyclic) bond motifs is 3. The lowest BCUT2D eigenvalue weighted by molar-refractivity contribution is 1.17. The molecule has 0 saturated carbocycles. The van der Waals surface area contributed by atoms with Gasteiger partial charge in [0.05, 0.1) is 28.3 Å². The molecule has 0 radical (unpaired) electrons. The van der Waals surface area contributed by atoms with Crippen molar-refractivity contribution in [3.8, 4) is 33.9 Å². The number of aromatic nitrogens is 4. The van der Waals surface area contributed by atoms with Gasteiger partial charge in [-0.2, -0.15) is 0 Å². The van der Waals surface area contributed by atoms with E-state index >= 15 is 0 Å². The molecule has 0 fully saturated rings. The van der Waals surface area contributed by atoms with E-state index in [0.717, 1.165) is 50.5 Å². The number of rotatable bonds is 3. The van der Waals surface area contributed by atoms with E-state index in [1.54, 1.807) is 0 Å². The van der Waals surface area contributed by atoms with E-state index in [1.807, 2.05) is 48.8 Å². The lowest BCUT2D eigenvalue weighted by atomic mass is 10.0. The molecular formula is C31H20N4. The van der Waals surface area contributed by atoms with E-state index in [2.05, 4.69) is 82.2 Å². The summed E-state index contributed by atoms with van der Waals surface area (Å²) < 4.78 is 2.10. The van der Waals surface area contributed by atoms with Crippen LogP contribution in [-0.4, -0.2) is 19.4 Å². The van der Waals surface area contributed by atoms with Crippen molar-refractivity contribution in [3.05, 3.63) is 122 Å². The molecule has 4 heteroatoms. The molecule has 7 aromatic rings. The molecule has 164 valence electrons. The van der Waals surface area contributed by atoms with E-state index in [9.17, 15) is 0 Å². The van der Waals surface area contributed by atoms with Crippen LogP contribution in [0.15, 0.2) is 122 Å². The predicted octanol–water partition coefficient (Wildman–Crippen LogP) is 7.43. The molecule has 0 N–H and O–H groups in total. The van der Waals surface area contributed by atoms with Gasteiger partial charge in [0.2, 0.25) is 0 Å². The second-order valence-electron chi connectivity index (χ2n) is 8.62. The van der Waals surface area contributed by atoms with Gasteiger partial charge in [0.25, 0.3) is 0 Å². The van der Waals surface area contributed by atoms with Gasteiger partial charge in [-0.25, -0.2) is 9.97 Å². The van der Waals surface area contributed by atoms with Crippen LogP contribution in [0, 0.1) is 0 Å². The summed E-state index contributed by atoms with van der Waals surface area (Å²) in [5.74, 6) is 0. The normalized spacial score (nSPS) is 11.4. The van der Waals surface area contributed by atoms with E-state index < -0.39 is 0 Å². The van der Waals surface area contributed by atoms with Crippen molar-refractivity contribution in [3.63, 3.8) is 0 Å². The summed E-state index contributed by atoms with van der Waals surface area (Å²) in [5.41, 5.74) is 7.70. The average Bonchev–Trinajstić information content (AvgIpc) is 3.32. The van der Waals surface area contributed by atoms with Gasteiger partial charge in [0.15, 0.2) is 0 Å². The first-order chi connectivity index (χ1) is 17.3. The SMILES string of the molecule is c1ccc(-c2c(-c3cccc(-c4ccc5cc6ccccc6cc5n4)c3)nc3ccccn23)nc1. The van der Waals surface area contributed by atoms with Crippen LogP contribution in [0.4, 0.5) is 0 Å². The number of hydrogen-bond donors (Lipinski definition) is 0. The number of nitrogens with zero attached hydrogens (tertiary/aromatic N) is 4. The highest BCUT2D eigenvalue weighted by Gasteiger charge is 2.17. The molecule has 7 rings (SSSR count). The molecule has 4 nitrogen and oxygen atoms in total. The third kappa shape index (κ3) is 3.35. The van der Waals surface area contributed by atoms with Crippen LogP contribution in [0.2, 0.25) is 0 Å². The van der Waals surface area contributed by atoms with Gasteiger partial charge in [-0.3, -0.25) is 9.38 Å². The largest absolute Gasteiger partial charge is 0.298 e. The molecule has 0 unspecified atom stereocenters. The Bertz CT molecular complexity index is 1850. The van der Waals surface area contributed by atoms with Crippen molar-refractivity contribution < 1.29 is 0 Å². The molecule has 0 bridgehead atoms. The molecule has 4 aromatic heterocycles. The van der Waals surface area contributed by atoms with Crippen molar-refractivity contribution in [2.24, 2.45) is 0 Å². The minimum Gasteiger partial charge on any atom is -0.298 e. The van der Waals surface area contributed by atoms with Crippen LogP contribution < -0.4 is 0 Å². The monoisotopic (exact) mass is 448 g/mol. The summed E-state index contributed by atoms with van der Waals surface area (Å²) >= 11 is 0. The lowest BCUT2D eigenvalue weighted by Crippen LogP contribution is -1.92. The molecule has 0 atom stereocenters. The molecule has 0 amide bonds. The van der Waals surface area contributed by atoms with E-state index in [1.165, 1.54) is 10.8 Å². The summed E-state index contributed by atoms with van der Waals surface area (Å²) in [6.45, 7) is 0.